The summed E-state index contributed by atoms with van der Waals surface area (Å²) in [7, 11) is 0. The summed E-state index contributed by atoms with van der Waals surface area (Å²) in [6, 6.07) is 1.46. The van der Waals surface area contributed by atoms with Crippen LogP contribution in [-0.4, -0.2) is 16.1 Å². The first-order valence-corrected chi connectivity index (χ1v) is 4.82. The highest BCUT2D eigenvalue weighted by atomic mass is 32.1. The lowest BCUT2D eigenvalue weighted by Gasteiger charge is -1.95. The zero-order chi connectivity index (χ0) is 10.3. The number of aromatic amines is 1. The van der Waals surface area contributed by atoms with Crippen LogP contribution in [0.25, 0.3) is 10.2 Å². The molecule has 0 aliphatic heterocycles. The quantitative estimate of drug-likeness (QED) is 0.749. The van der Waals surface area contributed by atoms with Gasteiger partial charge in [0.05, 0.1) is 15.8 Å². The predicted molar refractivity (Wildman–Crippen MR) is 54.1 cm³/mol. The van der Waals surface area contributed by atoms with Crippen LogP contribution in [-0.2, 0) is 0 Å². The number of aryl methyl sites for hydroxylation is 1. The molecule has 0 aliphatic rings. The first-order chi connectivity index (χ1) is 6.59. The fourth-order valence-corrected chi connectivity index (χ4v) is 2.22. The summed E-state index contributed by atoms with van der Waals surface area (Å²) in [5.74, 6) is -1.02. The number of hydrogen-bond acceptors (Lipinski definition) is 3. The molecule has 2 rings (SSSR count). The Balaban J connectivity index is 2.92. The highest BCUT2D eigenvalue weighted by Crippen LogP contribution is 2.21. The average Bonchev–Trinajstić information content (AvgIpc) is 2.47. The molecule has 0 spiro atoms. The summed E-state index contributed by atoms with van der Waals surface area (Å²) < 4.78 is 0.466. The number of carbonyl (C=O) groups is 1. The molecule has 0 saturated carbocycles. The second kappa shape index (κ2) is 2.95. The number of nitrogens with one attached hydrogen (secondary N) is 1. The molecule has 0 saturated heterocycles. The van der Waals surface area contributed by atoms with E-state index in [-0.39, 0.29) is 11.0 Å². The first kappa shape index (κ1) is 8.96. The van der Waals surface area contributed by atoms with Gasteiger partial charge < -0.3 is 10.1 Å². The van der Waals surface area contributed by atoms with Crippen LogP contribution in [0.1, 0.15) is 16.1 Å². The summed E-state index contributed by atoms with van der Waals surface area (Å²) in [6.45, 7) is 1.73. The molecule has 0 atom stereocenters. The van der Waals surface area contributed by atoms with Crippen LogP contribution < -0.4 is 5.43 Å². The van der Waals surface area contributed by atoms with E-state index in [1.165, 1.54) is 11.4 Å². The van der Waals surface area contributed by atoms with Gasteiger partial charge in [-0.25, -0.2) is 4.79 Å². The van der Waals surface area contributed by atoms with Crippen molar-refractivity contribution >= 4 is 27.5 Å². The highest BCUT2D eigenvalue weighted by Gasteiger charge is 2.13. The summed E-state index contributed by atoms with van der Waals surface area (Å²) in [6.07, 6.45) is 0. The van der Waals surface area contributed by atoms with Crippen molar-refractivity contribution in [2.24, 2.45) is 0 Å². The number of hydrogen-bond donors (Lipinski definition) is 2. The van der Waals surface area contributed by atoms with Crippen LogP contribution in [0.4, 0.5) is 0 Å². The second-order valence-corrected chi connectivity index (χ2v) is 3.85. The van der Waals surface area contributed by atoms with Crippen molar-refractivity contribution in [3.63, 3.8) is 0 Å². The Kier molecular flexibility index (Phi) is 1.89. The van der Waals surface area contributed by atoms with Crippen LogP contribution in [0.2, 0.25) is 0 Å². The van der Waals surface area contributed by atoms with Crippen molar-refractivity contribution in [3.05, 3.63) is 32.9 Å². The van der Waals surface area contributed by atoms with Crippen LogP contribution in [0.5, 0.6) is 0 Å². The van der Waals surface area contributed by atoms with E-state index >= 15 is 0 Å². The molecule has 2 aromatic rings. The topological polar surface area (TPSA) is 70.2 Å². The Morgan fingerprint density at radius 2 is 2.29 bits per heavy atom. The normalized spacial score (nSPS) is 10.6. The van der Waals surface area contributed by atoms with Crippen LogP contribution in [0, 0.1) is 6.92 Å². The zero-order valence-corrected chi connectivity index (χ0v) is 8.14. The van der Waals surface area contributed by atoms with Gasteiger partial charge in [-0.1, -0.05) is 0 Å². The third kappa shape index (κ3) is 1.22. The van der Waals surface area contributed by atoms with Crippen LogP contribution in [0.15, 0.2) is 16.2 Å². The summed E-state index contributed by atoms with van der Waals surface area (Å²) in [5.41, 5.74) is 1.12. The standard InChI is InChI=1S/C9H7NO3S/c1-4-2-6(11)8-7(10-4)5(3-14-8)9(12)13/h2-3H,1H3,(H,10,11)(H,12,13). The molecule has 14 heavy (non-hydrogen) atoms. The van der Waals surface area contributed by atoms with E-state index in [1.807, 2.05) is 0 Å². The molecule has 0 radical (unpaired) electrons. The predicted octanol–water partition coefficient (Wildman–Crippen LogP) is 1.60. The fourth-order valence-electron chi connectivity index (χ4n) is 1.32. The molecular weight excluding hydrogens is 202 g/mol. The van der Waals surface area contributed by atoms with E-state index in [0.717, 1.165) is 11.3 Å². The lowest BCUT2D eigenvalue weighted by Crippen LogP contribution is -2.03. The van der Waals surface area contributed by atoms with E-state index in [4.69, 9.17) is 5.11 Å². The lowest BCUT2D eigenvalue weighted by atomic mass is 10.2. The fraction of sp³-hybridized carbons (Fsp3) is 0.111. The summed E-state index contributed by atoms with van der Waals surface area (Å²) in [5, 5.41) is 10.3. The lowest BCUT2D eigenvalue weighted by molar-refractivity contribution is 0.0699. The number of carboxylic acids is 1. The number of aromatic carboxylic acids is 1. The second-order valence-electron chi connectivity index (χ2n) is 2.98. The Labute approximate surface area is 82.8 Å². The van der Waals surface area contributed by atoms with Crippen LogP contribution in [0.3, 0.4) is 0 Å². The minimum absolute atomic E-state index is 0.131. The van der Waals surface area contributed by atoms with E-state index in [2.05, 4.69) is 4.98 Å². The van der Waals surface area contributed by atoms with Crippen molar-refractivity contribution in [2.45, 2.75) is 6.92 Å². The molecule has 0 amide bonds. The third-order valence-electron chi connectivity index (χ3n) is 1.91. The maximum atomic E-state index is 11.4. The molecule has 0 bridgehead atoms. The van der Waals surface area contributed by atoms with Gasteiger partial charge in [-0.2, -0.15) is 0 Å². The molecule has 0 unspecified atom stereocenters. The van der Waals surface area contributed by atoms with Crippen molar-refractivity contribution < 1.29 is 9.90 Å². The molecular formula is C9H7NO3S. The maximum Gasteiger partial charge on any atom is 0.338 e. The molecule has 2 heterocycles. The number of fused-ring (bicyclic) bond motifs is 1. The number of pyridine rings is 1. The molecule has 72 valence electrons. The largest absolute Gasteiger partial charge is 0.478 e. The van der Waals surface area contributed by atoms with E-state index in [1.54, 1.807) is 6.92 Å². The van der Waals surface area contributed by atoms with E-state index in [9.17, 15) is 9.59 Å². The molecule has 0 aromatic carbocycles. The number of thiophene rings is 1. The molecule has 2 N–H and O–H groups in total. The minimum Gasteiger partial charge on any atom is -0.478 e. The highest BCUT2D eigenvalue weighted by molar-refractivity contribution is 7.17. The van der Waals surface area contributed by atoms with Gasteiger partial charge in [0.2, 0.25) is 0 Å². The third-order valence-corrected chi connectivity index (χ3v) is 2.91. The van der Waals surface area contributed by atoms with Gasteiger partial charge >= 0.3 is 5.97 Å². The van der Waals surface area contributed by atoms with Gasteiger partial charge in [-0.15, -0.1) is 11.3 Å². The average molecular weight is 209 g/mol. The van der Waals surface area contributed by atoms with Crippen molar-refractivity contribution in [3.8, 4) is 0 Å². The van der Waals surface area contributed by atoms with Gasteiger partial charge in [0, 0.05) is 17.1 Å². The molecule has 0 aliphatic carbocycles. The molecule has 5 heteroatoms. The van der Waals surface area contributed by atoms with Gasteiger partial charge in [-0.3, -0.25) is 4.79 Å². The van der Waals surface area contributed by atoms with Gasteiger partial charge in [-0.05, 0) is 6.92 Å². The van der Waals surface area contributed by atoms with Crippen molar-refractivity contribution in [1.29, 1.82) is 0 Å². The van der Waals surface area contributed by atoms with Crippen molar-refractivity contribution in [2.75, 3.05) is 0 Å². The minimum atomic E-state index is -1.02. The van der Waals surface area contributed by atoms with Gasteiger partial charge in [0.15, 0.2) is 5.43 Å². The van der Waals surface area contributed by atoms with Crippen molar-refractivity contribution in [1.82, 2.24) is 4.98 Å². The smallest absolute Gasteiger partial charge is 0.338 e. The number of carboxylic acid groups (broad SMARTS) is 1. The Hall–Kier alpha value is -1.62. The summed E-state index contributed by atoms with van der Waals surface area (Å²) >= 11 is 1.15. The van der Waals surface area contributed by atoms with E-state index in [0.29, 0.717) is 15.9 Å². The van der Waals surface area contributed by atoms with Gasteiger partial charge in [0.25, 0.3) is 0 Å². The monoisotopic (exact) mass is 209 g/mol. The maximum absolute atomic E-state index is 11.4. The Bertz CT molecular complexity index is 567. The first-order valence-electron chi connectivity index (χ1n) is 3.94. The van der Waals surface area contributed by atoms with E-state index < -0.39 is 5.97 Å². The Morgan fingerprint density at radius 1 is 1.57 bits per heavy atom. The number of H-pyrrole nitrogens is 1. The molecule has 0 fully saturated rings. The summed E-state index contributed by atoms with van der Waals surface area (Å²) in [4.78, 5) is 25.1. The zero-order valence-electron chi connectivity index (χ0n) is 7.33. The number of aromatic nitrogens is 1. The number of rotatable bonds is 1. The van der Waals surface area contributed by atoms with Crippen LogP contribution >= 0.6 is 11.3 Å². The SMILES string of the molecule is Cc1cc(=O)c2scc(C(=O)O)c2[nH]1. The Morgan fingerprint density at radius 3 is 2.93 bits per heavy atom. The molecule has 2 aromatic heterocycles. The molecule has 4 nitrogen and oxygen atoms in total. The van der Waals surface area contributed by atoms with Gasteiger partial charge in [0.1, 0.15) is 0 Å².